The highest BCUT2D eigenvalue weighted by Gasteiger charge is 2.33. The number of nitrogens with one attached hydrogen (secondary N) is 1. The molecule has 148 valence electrons. The van der Waals surface area contributed by atoms with Crippen LogP contribution in [0.4, 0.5) is 0 Å². The molecule has 1 N–H and O–H groups in total. The topological polar surface area (TPSA) is 71.1 Å². The van der Waals surface area contributed by atoms with Crippen molar-refractivity contribution in [3.8, 4) is 11.5 Å². The molecule has 3 rings (SSSR count). The summed E-state index contributed by atoms with van der Waals surface area (Å²) in [5.41, 5.74) is -0.191. The van der Waals surface area contributed by atoms with Gasteiger partial charge in [0.2, 0.25) is 12.0 Å². The van der Waals surface area contributed by atoms with Crippen LogP contribution < -0.4 is 14.8 Å². The van der Waals surface area contributed by atoms with Crippen LogP contribution in [0.25, 0.3) is 0 Å². The van der Waals surface area contributed by atoms with Crippen LogP contribution >= 0.6 is 0 Å². The van der Waals surface area contributed by atoms with Crippen LogP contribution in [0.3, 0.4) is 0 Å². The second-order valence-corrected chi connectivity index (χ2v) is 7.75. The number of ether oxygens (including phenoxy) is 2. The molecule has 0 radical (unpaired) electrons. The first-order chi connectivity index (χ1) is 12.9. The van der Waals surface area contributed by atoms with Gasteiger partial charge in [0.25, 0.3) is 5.91 Å². The lowest BCUT2D eigenvalue weighted by Gasteiger charge is -2.37. The van der Waals surface area contributed by atoms with Crippen LogP contribution in [0.1, 0.15) is 27.2 Å². The van der Waals surface area contributed by atoms with Gasteiger partial charge in [-0.05, 0) is 32.4 Å². The number of benzene rings is 1. The molecule has 0 spiro atoms. The molecule has 1 fully saturated rings. The zero-order valence-corrected chi connectivity index (χ0v) is 16.4. The quantitative estimate of drug-likeness (QED) is 0.839. The Morgan fingerprint density at radius 2 is 1.81 bits per heavy atom. The number of fused-ring (bicyclic) bond motifs is 1. The van der Waals surface area contributed by atoms with Gasteiger partial charge in [0.1, 0.15) is 6.61 Å². The van der Waals surface area contributed by atoms with Crippen LogP contribution in [0.5, 0.6) is 11.5 Å². The minimum absolute atomic E-state index is 0.0299. The molecule has 7 nitrogen and oxygen atoms in total. The van der Waals surface area contributed by atoms with Gasteiger partial charge in [-0.15, -0.1) is 0 Å². The summed E-state index contributed by atoms with van der Waals surface area (Å²) in [6.07, 6.45) is 0.272. The number of hydrogen-bond donors (Lipinski definition) is 1. The van der Waals surface area contributed by atoms with Gasteiger partial charge in [-0.25, -0.2) is 0 Å². The number of piperazine rings is 1. The molecule has 27 heavy (non-hydrogen) atoms. The van der Waals surface area contributed by atoms with Crippen molar-refractivity contribution < 1.29 is 19.1 Å². The smallest absolute Gasteiger partial charge is 0.267 e. The first-order valence-corrected chi connectivity index (χ1v) is 9.58. The second kappa shape index (κ2) is 8.17. The normalized spacial score (nSPS) is 20.3. The standard InChI is InChI=1S/C20H29N3O4/c1-4-20(2,3)21-18(24)13-22-9-11-23(12-10-22)19(25)17-14-26-15-7-5-6-8-16(15)27-17/h5-8,17H,4,9-14H2,1-3H3,(H,21,24). The molecule has 0 saturated carbocycles. The SMILES string of the molecule is CCC(C)(C)NC(=O)CN1CCN(C(=O)C2COc3ccccc3O2)CC1. The van der Waals surface area contributed by atoms with E-state index in [0.29, 0.717) is 44.2 Å². The zero-order valence-electron chi connectivity index (χ0n) is 16.4. The number of carbonyl (C=O) groups is 2. The van der Waals surface area contributed by atoms with E-state index in [2.05, 4.69) is 17.1 Å². The zero-order chi connectivity index (χ0) is 19.4. The summed E-state index contributed by atoms with van der Waals surface area (Å²) >= 11 is 0. The van der Waals surface area contributed by atoms with Crippen molar-refractivity contribution in [2.45, 2.75) is 38.8 Å². The van der Waals surface area contributed by atoms with E-state index in [0.717, 1.165) is 6.42 Å². The third-order valence-electron chi connectivity index (χ3n) is 5.20. The number of rotatable bonds is 5. The Morgan fingerprint density at radius 1 is 1.15 bits per heavy atom. The van der Waals surface area contributed by atoms with Crippen LogP contribution in [0, 0.1) is 0 Å². The minimum Gasteiger partial charge on any atom is -0.485 e. The molecule has 2 heterocycles. The van der Waals surface area contributed by atoms with Crippen LogP contribution in [-0.2, 0) is 9.59 Å². The van der Waals surface area contributed by atoms with Crippen LogP contribution in [0.15, 0.2) is 24.3 Å². The minimum atomic E-state index is -0.611. The molecule has 0 aromatic heterocycles. The van der Waals surface area contributed by atoms with Gasteiger partial charge in [0, 0.05) is 31.7 Å². The Morgan fingerprint density at radius 3 is 2.48 bits per heavy atom. The third kappa shape index (κ3) is 4.91. The highest BCUT2D eigenvalue weighted by molar-refractivity contribution is 5.82. The van der Waals surface area contributed by atoms with Gasteiger partial charge in [0.05, 0.1) is 6.54 Å². The first-order valence-electron chi connectivity index (χ1n) is 9.58. The van der Waals surface area contributed by atoms with E-state index >= 15 is 0 Å². The third-order valence-corrected chi connectivity index (χ3v) is 5.20. The summed E-state index contributed by atoms with van der Waals surface area (Å²) in [6, 6.07) is 7.38. The average Bonchev–Trinajstić information content (AvgIpc) is 2.67. The number of nitrogens with zero attached hydrogens (tertiary/aromatic N) is 2. The molecular formula is C20H29N3O4. The van der Waals surface area contributed by atoms with E-state index in [1.54, 1.807) is 4.90 Å². The number of para-hydroxylation sites is 2. The molecule has 1 aromatic carbocycles. The van der Waals surface area contributed by atoms with Crippen molar-refractivity contribution in [3.05, 3.63) is 24.3 Å². The Balaban J connectivity index is 1.47. The first kappa shape index (κ1) is 19.5. The fourth-order valence-corrected chi connectivity index (χ4v) is 3.18. The molecule has 2 aliphatic rings. The van der Waals surface area contributed by atoms with Crippen LogP contribution in [-0.4, -0.2) is 72.6 Å². The van der Waals surface area contributed by atoms with E-state index < -0.39 is 6.10 Å². The molecule has 1 unspecified atom stereocenters. The maximum absolute atomic E-state index is 12.7. The predicted molar refractivity (Wildman–Crippen MR) is 102 cm³/mol. The lowest BCUT2D eigenvalue weighted by Crippen LogP contribution is -2.56. The molecule has 2 amide bonds. The van der Waals surface area contributed by atoms with Gasteiger partial charge < -0.3 is 19.7 Å². The molecule has 1 atom stereocenters. The summed E-state index contributed by atoms with van der Waals surface area (Å²) in [7, 11) is 0. The Labute approximate surface area is 160 Å². The van der Waals surface area contributed by atoms with Gasteiger partial charge in [0.15, 0.2) is 11.5 Å². The van der Waals surface area contributed by atoms with E-state index in [-0.39, 0.29) is 24.0 Å². The average molecular weight is 375 g/mol. The number of carbonyl (C=O) groups excluding carboxylic acids is 2. The summed E-state index contributed by atoms with van der Waals surface area (Å²) < 4.78 is 11.5. The molecule has 1 saturated heterocycles. The number of amides is 2. The number of hydrogen-bond acceptors (Lipinski definition) is 5. The van der Waals surface area contributed by atoms with E-state index in [4.69, 9.17) is 9.47 Å². The van der Waals surface area contributed by atoms with Crippen molar-refractivity contribution in [1.82, 2.24) is 15.1 Å². The van der Waals surface area contributed by atoms with Crippen molar-refractivity contribution in [3.63, 3.8) is 0 Å². The van der Waals surface area contributed by atoms with E-state index in [9.17, 15) is 9.59 Å². The Hall–Kier alpha value is -2.28. The molecule has 0 aliphatic carbocycles. The van der Waals surface area contributed by atoms with Crippen molar-refractivity contribution in [1.29, 1.82) is 0 Å². The van der Waals surface area contributed by atoms with Gasteiger partial charge in [-0.3, -0.25) is 14.5 Å². The fraction of sp³-hybridized carbons (Fsp3) is 0.600. The maximum atomic E-state index is 12.7. The van der Waals surface area contributed by atoms with Crippen LogP contribution in [0.2, 0.25) is 0 Å². The summed E-state index contributed by atoms with van der Waals surface area (Å²) in [6.45, 7) is 9.21. The summed E-state index contributed by atoms with van der Waals surface area (Å²) in [5.74, 6) is 1.26. The maximum Gasteiger partial charge on any atom is 0.267 e. The monoisotopic (exact) mass is 375 g/mol. The van der Waals surface area contributed by atoms with Gasteiger partial charge >= 0.3 is 0 Å². The Bertz CT molecular complexity index is 684. The molecule has 2 aliphatic heterocycles. The van der Waals surface area contributed by atoms with Crippen molar-refractivity contribution in [2.24, 2.45) is 0 Å². The van der Waals surface area contributed by atoms with E-state index in [1.807, 2.05) is 38.1 Å². The lowest BCUT2D eigenvalue weighted by molar-refractivity contribution is -0.143. The van der Waals surface area contributed by atoms with Gasteiger partial charge in [-0.1, -0.05) is 19.1 Å². The second-order valence-electron chi connectivity index (χ2n) is 7.75. The highest BCUT2D eigenvalue weighted by atomic mass is 16.6. The van der Waals surface area contributed by atoms with Gasteiger partial charge in [-0.2, -0.15) is 0 Å². The predicted octanol–water partition coefficient (Wildman–Crippen LogP) is 1.28. The Kier molecular flexibility index (Phi) is 5.89. The molecule has 7 heteroatoms. The highest BCUT2D eigenvalue weighted by Crippen LogP contribution is 2.31. The molecule has 1 aromatic rings. The lowest BCUT2D eigenvalue weighted by atomic mass is 10.0. The fourth-order valence-electron chi connectivity index (χ4n) is 3.18. The molecule has 0 bridgehead atoms. The van der Waals surface area contributed by atoms with E-state index in [1.165, 1.54) is 0 Å². The van der Waals surface area contributed by atoms with Crippen molar-refractivity contribution >= 4 is 11.8 Å². The largest absolute Gasteiger partial charge is 0.485 e. The summed E-state index contributed by atoms with van der Waals surface area (Å²) in [5, 5.41) is 3.05. The summed E-state index contributed by atoms with van der Waals surface area (Å²) in [4.78, 5) is 28.8. The van der Waals surface area contributed by atoms with Crippen molar-refractivity contribution in [2.75, 3.05) is 39.3 Å². The molecular weight excluding hydrogens is 346 g/mol.